The lowest BCUT2D eigenvalue weighted by Gasteiger charge is -2.34. The molecule has 1 aliphatic rings. The minimum Gasteiger partial charge on any atom is -0.300 e. The molecule has 2 nitrogen and oxygen atoms in total. The number of hydrogen-bond acceptors (Lipinski definition) is 2. The molecule has 0 N–H and O–H groups in total. The summed E-state index contributed by atoms with van der Waals surface area (Å²) in [5, 5.41) is 8.35. The number of Topliss-reactive ketones (excluding diaryl/α,β-unsaturated/α-hetero) is 1. The van der Waals surface area contributed by atoms with Gasteiger partial charge in [0.05, 0.1) is 11.5 Å². The monoisotopic (exact) mass is 241 g/mol. The first-order valence-corrected chi connectivity index (χ1v) is 4.95. The highest BCUT2D eigenvalue weighted by molar-refractivity contribution is 6.31. The number of nitrogens with zero attached hydrogens (tertiary/aromatic N) is 1. The van der Waals surface area contributed by atoms with Gasteiger partial charge in [-0.2, -0.15) is 5.26 Å². The van der Waals surface area contributed by atoms with Gasteiger partial charge in [-0.3, -0.25) is 4.79 Å². The Labute approximate surface area is 95.4 Å². The van der Waals surface area contributed by atoms with E-state index in [-0.39, 0.29) is 24.2 Å². The molecule has 0 atom stereocenters. The van der Waals surface area contributed by atoms with Crippen LogP contribution in [-0.4, -0.2) is 5.78 Å². The summed E-state index contributed by atoms with van der Waals surface area (Å²) >= 11 is 5.42. The van der Waals surface area contributed by atoms with Crippen LogP contribution in [0.5, 0.6) is 0 Å². The average molecular weight is 242 g/mol. The van der Waals surface area contributed by atoms with Crippen LogP contribution in [0.2, 0.25) is 5.02 Å². The number of benzene rings is 1. The summed E-state index contributed by atoms with van der Waals surface area (Å²) < 4.78 is 26.6. The van der Waals surface area contributed by atoms with Crippen molar-refractivity contribution in [2.45, 2.75) is 18.3 Å². The van der Waals surface area contributed by atoms with Crippen molar-refractivity contribution < 1.29 is 13.6 Å². The molecule has 0 unspecified atom stereocenters. The van der Waals surface area contributed by atoms with Crippen LogP contribution in [0.1, 0.15) is 18.4 Å². The van der Waals surface area contributed by atoms with Gasteiger partial charge in [-0.15, -0.1) is 0 Å². The lowest BCUT2D eigenvalue weighted by Crippen LogP contribution is -2.41. The molecule has 0 aliphatic heterocycles. The van der Waals surface area contributed by atoms with Crippen molar-refractivity contribution in [2.75, 3.05) is 0 Å². The third-order valence-corrected chi connectivity index (χ3v) is 3.11. The van der Waals surface area contributed by atoms with E-state index < -0.39 is 22.1 Å². The summed E-state index contributed by atoms with van der Waals surface area (Å²) in [6.45, 7) is 0. The fourth-order valence-electron chi connectivity index (χ4n) is 1.85. The molecule has 1 aliphatic carbocycles. The molecule has 1 aromatic rings. The summed E-state index contributed by atoms with van der Waals surface area (Å²) in [6.07, 6.45) is -0.0786. The van der Waals surface area contributed by atoms with E-state index >= 15 is 0 Å². The van der Waals surface area contributed by atoms with E-state index in [1.54, 1.807) is 0 Å². The van der Waals surface area contributed by atoms with Crippen LogP contribution in [0.15, 0.2) is 12.1 Å². The molecule has 16 heavy (non-hydrogen) atoms. The topological polar surface area (TPSA) is 40.9 Å². The maximum atomic E-state index is 13.7. The molecule has 0 amide bonds. The van der Waals surface area contributed by atoms with Gasteiger partial charge >= 0.3 is 0 Å². The molecule has 5 heteroatoms. The number of ketones is 1. The standard InChI is InChI=1S/C11H6ClF2NO/c12-9-8(13)2-1-7(10(9)14)11(5-15)3-6(16)4-11/h1-2H,3-4H2. The largest absolute Gasteiger partial charge is 0.300 e. The molecule has 0 bridgehead atoms. The molecule has 0 spiro atoms. The molecule has 0 aromatic heterocycles. The second-order valence-electron chi connectivity index (χ2n) is 3.81. The Morgan fingerprint density at radius 2 is 2.00 bits per heavy atom. The highest BCUT2D eigenvalue weighted by atomic mass is 35.5. The lowest BCUT2D eigenvalue weighted by atomic mass is 9.64. The van der Waals surface area contributed by atoms with E-state index in [0.717, 1.165) is 6.07 Å². The first kappa shape index (κ1) is 11.0. The summed E-state index contributed by atoms with van der Waals surface area (Å²) in [5.74, 6) is -1.93. The average Bonchev–Trinajstić information content (AvgIpc) is 2.22. The molecule has 1 saturated carbocycles. The Hall–Kier alpha value is -1.47. The Bertz CT molecular complexity index is 513. The van der Waals surface area contributed by atoms with Gasteiger partial charge in [0.15, 0.2) is 0 Å². The van der Waals surface area contributed by atoms with Crippen molar-refractivity contribution in [3.63, 3.8) is 0 Å². The Morgan fingerprint density at radius 1 is 1.38 bits per heavy atom. The van der Waals surface area contributed by atoms with Crippen molar-refractivity contribution in [2.24, 2.45) is 0 Å². The van der Waals surface area contributed by atoms with Gasteiger partial charge in [0, 0.05) is 18.4 Å². The van der Waals surface area contributed by atoms with Gasteiger partial charge in [0.25, 0.3) is 0 Å². The lowest BCUT2D eigenvalue weighted by molar-refractivity contribution is -0.126. The zero-order valence-corrected chi connectivity index (χ0v) is 8.81. The summed E-state index contributed by atoms with van der Waals surface area (Å²) in [5.41, 5.74) is -1.17. The molecule has 0 heterocycles. The van der Waals surface area contributed by atoms with Gasteiger partial charge < -0.3 is 0 Å². The van der Waals surface area contributed by atoms with Gasteiger partial charge in [-0.1, -0.05) is 17.7 Å². The summed E-state index contributed by atoms with van der Waals surface area (Å²) in [7, 11) is 0. The SMILES string of the molecule is N#CC1(c2ccc(F)c(Cl)c2F)CC(=O)C1. The smallest absolute Gasteiger partial charge is 0.149 e. The Kier molecular flexibility index (Phi) is 2.43. The molecule has 2 rings (SSSR count). The maximum Gasteiger partial charge on any atom is 0.149 e. The number of nitriles is 1. The number of carbonyl (C=O) groups excluding carboxylic acids is 1. The number of halogens is 3. The third-order valence-electron chi connectivity index (χ3n) is 2.76. The van der Waals surface area contributed by atoms with Crippen molar-refractivity contribution in [3.8, 4) is 6.07 Å². The van der Waals surface area contributed by atoms with Crippen LogP contribution in [0.25, 0.3) is 0 Å². The van der Waals surface area contributed by atoms with Crippen LogP contribution in [0, 0.1) is 23.0 Å². The molecule has 82 valence electrons. The second-order valence-corrected chi connectivity index (χ2v) is 4.19. The minimum absolute atomic E-state index is 0.000926. The Balaban J connectivity index is 2.54. The minimum atomic E-state index is -1.17. The Morgan fingerprint density at radius 3 is 2.50 bits per heavy atom. The highest BCUT2D eigenvalue weighted by Crippen LogP contribution is 2.43. The fraction of sp³-hybridized carbons (Fsp3) is 0.273. The van der Waals surface area contributed by atoms with Gasteiger partial charge in [-0.05, 0) is 6.07 Å². The molecule has 0 saturated heterocycles. The predicted octanol–water partition coefficient (Wildman–Crippen LogP) is 2.74. The zero-order valence-electron chi connectivity index (χ0n) is 8.06. The van der Waals surface area contributed by atoms with Crippen LogP contribution in [0.4, 0.5) is 8.78 Å². The van der Waals surface area contributed by atoms with Gasteiger partial charge in [0.2, 0.25) is 0 Å². The fourth-order valence-corrected chi connectivity index (χ4v) is 2.01. The molecular weight excluding hydrogens is 236 g/mol. The number of hydrogen-bond donors (Lipinski definition) is 0. The highest BCUT2D eigenvalue weighted by Gasteiger charge is 2.47. The first-order chi connectivity index (χ1) is 7.50. The molecular formula is C11H6ClF2NO. The predicted molar refractivity (Wildman–Crippen MR) is 52.9 cm³/mol. The van der Waals surface area contributed by atoms with E-state index in [1.165, 1.54) is 6.07 Å². The van der Waals surface area contributed by atoms with Crippen LogP contribution < -0.4 is 0 Å². The van der Waals surface area contributed by atoms with Crippen LogP contribution in [0.3, 0.4) is 0 Å². The van der Waals surface area contributed by atoms with Crippen molar-refractivity contribution in [1.82, 2.24) is 0 Å². The van der Waals surface area contributed by atoms with E-state index in [4.69, 9.17) is 16.9 Å². The molecule has 0 radical (unpaired) electrons. The van der Waals surface area contributed by atoms with Gasteiger partial charge in [0.1, 0.15) is 22.4 Å². The maximum absolute atomic E-state index is 13.7. The molecule has 1 aromatic carbocycles. The van der Waals surface area contributed by atoms with E-state index in [9.17, 15) is 13.6 Å². The normalized spacial score (nSPS) is 17.8. The van der Waals surface area contributed by atoms with Crippen molar-refractivity contribution in [1.29, 1.82) is 5.26 Å². The number of carbonyl (C=O) groups is 1. The van der Waals surface area contributed by atoms with Crippen molar-refractivity contribution >= 4 is 17.4 Å². The van der Waals surface area contributed by atoms with Crippen LogP contribution in [-0.2, 0) is 10.2 Å². The summed E-state index contributed by atoms with van der Waals surface area (Å²) in [4.78, 5) is 10.9. The van der Waals surface area contributed by atoms with Crippen molar-refractivity contribution in [3.05, 3.63) is 34.4 Å². The number of rotatable bonds is 1. The third kappa shape index (κ3) is 1.40. The molecule has 1 fully saturated rings. The van der Waals surface area contributed by atoms with Crippen LogP contribution >= 0.6 is 11.6 Å². The second kappa shape index (κ2) is 3.53. The first-order valence-electron chi connectivity index (χ1n) is 4.57. The van der Waals surface area contributed by atoms with E-state index in [1.807, 2.05) is 6.07 Å². The quantitative estimate of drug-likeness (QED) is 0.710. The zero-order chi connectivity index (χ0) is 11.9. The van der Waals surface area contributed by atoms with Gasteiger partial charge in [-0.25, -0.2) is 8.78 Å². The van der Waals surface area contributed by atoms with E-state index in [0.29, 0.717) is 0 Å². The van der Waals surface area contributed by atoms with E-state index in [2.05, 4.69) is 0 Å². The summed E-state index contributed by atoms with van der Waals surface area (Å²) in [6, 6.07) is 4.08.